The molecule has 0 aromatic heterocycles. The molecule has 0 saturated carbocycles. The van der Waals surface area contributed by atoms with Crippen LogP contribution in [0.3, 0.4) is 0 Å². The molecule has 0 aliphatic heterocycles. The van der Waals surface area contributed by atoms with Crippen molar-refractivity contribution in [2.24, 2.45) is 0 Å². The lowest BCUT2D eigenvalue weighted by Crippen LogP contribution is -2.17. The molecule has 1 aromatic rings. The Morgan fingerprint density at radius 2 is 2.15 bits per heavy atom. The fraction of sp³-hybridized carbons (Fsp3) is 0.571. The van der Waals surface area contributed by atoms with Crippen LogP contribution in [0.4, 0.5) is 11.4 Å². The quantitative estimate of drug-likeness (QED) is 0.556. The maximum atomic E-state index is 10.9. The third kappa shape index (κ3) is 5.05. The van der Waals surface area contributed by atoms with E-state index < -0.39 is 4.92 Å². The summed E-state index contributed by atoms with van der Waals surface area (Å²) >= 11 is 0. The number of nitrogens with one attached hydrogen (secondary N) is 1. The Morgan fingerprint density at radius 1 is 1.40 bits per heavy atom. The van der Waals surface area contributed by atoms with E-state index in [9.17, 15) is 10.1 Å². The number of hydrogen-bond acceptors (Lipinski definition) is 5. The van der Waals surface area contributed by atoms with E-state index in [0.717, 1.165) is 18.5 Å². The SMILES string of the molecule is CCCOc1cc(NC(C)CCOC)ccc1[N+](=O)[O-]. The molecule has 20 heavy (non-hydrogen) atoms. The van der Waals surface area contributed by atoms with Crippen molar-refractivity contribution in [3.8, 4) is 5.75 Å². The zero-order valence-corrected chi connectivity index (χ0v) is 12.2. The summed E-state index contributed by atoms with van der Waals surface area (Å²) in [6.07, 6.45) is 1.66. The lowest BCUT2D eigenvalue weighted by Gasteiger charge is -2.15. The predicted octanol–water partition coefficient (Wildman–Crippen LogP) is 3.22. The van der Waals surface area contributed by atoms with Gasteiger partial charge in [-0.2, -0.15) is 0 Å². The third-order valence-corrected chi connectivity index (χ3v) is 2.79. The van der Waals surface area contributed by atoms with E-state index in [-0.39, 0.29) is 11.7 Å². The minimum atomic E-state index is -0.427. The highest BCUT2D eigenvalue weighted by Crippen LogP contribution is 2.30. The molecule has 6 nitrogen and oxygen atoms in total. The third-order valence-electron chi connectivity index (χ3n) is 2.79. The van der Waals surface area contributed by atoms with Gasteiger partial charge in [0.2, 0.25) is 0 Å². The molecular weight excluding hydrogens is 260 g/mol. The van der Waals surface area contributed by atoms with Crippen molar-refractivity contribution in [3.05, 3.63) is 28.3 Å². The van der Waals surface area contributed by atoms with Gasteiger partial charge in [0.05, 0.1) is 11.5 Å². The standard InChI is InChI=1S/C14H22N2O4/c1-4-8-20-14-10-12(5-6-13(14)16(17)18)15-11(2)7-9-19-3/h5-6,10-11,15H,4,7-9H2,1-3H3. The van der Waals surface area contributed by atoms with E-state index in [1.807, 2.05) is 13.8 Å². The number of nitrogens with zero attached hydrogens (tertiary/aromatic N) is 1. The van der Waals surface area contributed by atoms with Gasteiger partial charge in [-0.3, -0.25) is 10.1 Å². The molecule has 0 amide bonds. The van der Waals surface area contributed by atoms with Crippen LogP contribution in [0.1, 0.15) is 26.7 Å². The molecule has 0 spiro atoms. The number of benzene rings is 1. The molecule has 1 unspecified atom stereocenters. The van der Waals surface area contributed by atoms with Gasteiger partial charge >= 0.3 is 5.69 Å². The van der Waals surface area contributed by atoms with Crippen molar-refractivity contribution < 1.29 is 14.4 Å². The maximum Gasteiger partial charge on any atom is 0.311 e. The van der Waals surface area contributed by atoms with Crippen LogP contribution in [0.15, 0.2) is 18.2 Å². The topological polar surface area (TPSA) is 73.6 Å². The summed E-state index contributed by atoms with van der Waals surface area (Å²) in [4.78, 5) is 10.5. The largest absolute Gasteiger partial charge is 0.487 e. The Labute approximate surface area is 119 Å². The summed E-state index contributed by atoms with van der Waals surface area (Å²) < 4.78 is 10.5. The lowest BCUT2D eigenvalue weighted by atomic mass is 10.2. The van der Waals surface area contributed by atoms with Gasteiger partial charge in [0.15, 0.2) is 5.75 Å². The molecule has 0 saturated heterocycles. The Hall–Kier alpha value is -1.82. The Morgan fingerprint density at radius 3 is 2.75 bits per heavy atom. The molecular formula is C14H22N2O4. The van der Waals surface area contributed by atoms with E-state index in [0.29, 0.717) is 19.0 Å². The minimum absolute atomic E-state index is 0.00598. The van der Waals surface area contributed by atoms with Gasteiger partial charge in [-0.1, -0.05) is 6.92 Å². The van der Waals surface area contributed by atoms with Crippen LogP contribution < -0.4 is 10.1 Å². The average Bonchev–Trinajstić information content (AvgIpc) is 2.42. The number of ether oxygens (including phenoxy) is 2. The summed E-state index contributed by atoms with van der Waals surface area (Å²) in [7, 11) is 1.66. The second-order valence-corrected chi connectivity index (χ2v) is 4.61. The number of nitro benzene ring substituents is 1. The highest BCUT2D eigenvalue weighted by Gasteiger charge is 2.16. The monoisotopic (exact) mass is 282 g/mol. The zero-order valence-electron chi connectivity index (χ0n) is 12.2. The van der Waals surface area contributed by atoms with E-state index in [1.54, 1.807) is 19.2 Å². The smallest absolute Gasteiger partial charge is 0.311 e. The summed E-state index contributed by atoms with van der Waals surface area (Å²) in [6, 6.07) is 5.06. The molecule has 1 N–H and O–H groups in total. The van der Waals surface area contributed by atoms with Crippen molar-refractivity contribution in [2.45, 2.75) is 32.7 Å². The highest BCUT2D eigenvalue weighted by molar-refractivity contribution is 5.58. The van der Waals surface area contributed by atoms with E-state index >= 15 is 0 Å². The van der Waals surface area contributed by atoms with Gasteiger partial charge in [0.1, 0.15) is 0 Å². The van der Waals surface area contributed by atoms with Crippen LogP contribution in [0, 0.1) is 10.1 Å². The molecule has 1 atom stereocenters. The Bertz CT molecular complexity index is 437. The van der Waals surface area contributed by atoms with Gasteiger partial charge in [-0.15, -0.1) is 0 Å². The van der Waals surface area contributed by atoms with Crippen molar-refractivity contribution in [1.82, 2.24) is 0 Å². The van der Waals surface area contributed by atoms with Crippen LogP contribution in [0.25, 0.3) is 0 Å². The van der Waals surface area contributed by atoms with Gasteiger partial charge in [0, 0.05) is 37.6 Å². The molecule has 6 heteroatoms. The number of anilines is 1. The van der Waals surface area contributed by atoms with E-state index in [4.69, 9.17) is 9.47 Å². The van der Waals surface area contributed by atoms with Crippen molar-refractivity contribution >= 4 is 11.4 Å². The fourth-order valence-corrected chi connectivity index (χ4v) is 1.73. The highest BCUT2D eigenvalue weighted by atomic mass is 16.6. The van der Waals surface area contributed by atoms with Gasteiger partial charge in [-0.25, -0.2) is 0 Å². The number of methoxy groups -OCH3 is 1. The van der Waals surface area contributed by atoms with Crippen molar-refractivity contribution in [2.75, 3.05) is 25.6 Å². The van der Waals surface area contributed by atoms with Crippen LogP contribution in [0.5, 0.6) is 5.75 Å². The van der Waals surface area contributed by atoms with Crippen LogP contribution in [0.2, 0.25) is 0 Å². The first kappa shape index (κ1) is 16.2. The second-order valence-electron chi connectivity index (χ2n) is 4.61. The van der Waals surface area contributed by atoms with Gasteiger partial charge < -0.3 is 14.8 Å². The molecule has 1 rings (SSSR count). The van der Waals surface area contributed by atoms with Gasteiger partial charge in [0.25, 0.3) is 0 Å². The van der Waals surface area contributed by atoms with Crippen molar-refractivity contribution in [3.63, 3.8) is 0 Å². The molecule has 0 aliphatic rings. The molecule has 112 valence electrons. The normalized spacial score (nSPS) is 11.9. The first-order valence-corrected chi connectivity index (χ1v) is 6.75. The minimum Gasteiger partial charge on any atom is -0.487 e. The molecule has 0 fully saturated rings. The van der Waals surface area contributed by atoms with Crippen LogP contribution in [-0.2, 0) is 4.74 Å². The molecule has 0 heterocycles. The molecule has 1 aromatic carbocycles. The Balaban J connectivity index is 2.80. The fourth-order valence-electron chi connectivity index (χ4n) is 1.73. The van der Waals surface area contributed by atoms with E-state index in [1.165, 1.54) is 6.07 Å². The summed E-state index contributed by atoms with van der Waals surface area (Å²) in [6.45, 7) is 5.12. The van der Waals surface area contributed by atoms with Crippen molar-refractivity contribution in [1.29, 1.82) is 0 Å². The second kappa shape index (κ2) is 8.37. The molecule has 0 bridgehead atoms. The predicted molar refractivity (Wildman–Crippen MR) is 78.5 cm³/mol. The number of nitro groups is 1. The molecule has 0 aliphatic carbocycles. The van der Waals surface area contributed by atoms with Gasteiger partial charge in [-0.05, 0) is 25.8 Å². The van der Waals surface area contributed by atoms with Crippen LogP contribution >= 0.6 is 0 Å². The first-order chi connectivity index (χ1) is 9.58. The first-order valence-electron chi connectivity index (χ1n) is 6.75. The Kier molecular flexibility index (Phi) is 6.79. The summed E-state index contributed by atoms with van der Waals surface area (Å²) in [5.74, 6) is 0.306. The maximum absolute atomic E-state index is 10.9. The van der Waals surface area contributed by atoms with Crippen LogP contribution in [-0.4, -0.2) is 31.3 Å². The van der Waals surface area contributed by atoms with E-state index in [2.05, 4.69) is 5.32 Å². The molecule has 0 radical (unpaired) electrons. The summed E-state index contributed by atoms with van der Waals surface area (Å²) in [5, 5.41) is 14.2. The number of rotatable bonds is 9. The summed E-state index contributed by atoms with van der Waals surface area (Å²) in [5.41, 5.74) is 0.804. The lowest BCUT2D eigenvalue weighted by molar-refractivity contribution is -0.385. The zero-order chi connectivity index (χ0) is 15.0. The number of hydrogen-bond donors (Lipinski definition) is 1. The average molecular weight is 282 g/mol.